The van der Waals surface area contributed by atoms with E-state index in [1.165, 1.54) is 0 Å². The lowest BCUT2D eigenvalue weighted by Crippen LogP contribution is -2.21. The van der Waals surface area contributed by atoms with Gasteiger partial charge in [0.25, 0.3) is 0 Å². The van der Waals surface area contributed by atoms with Gasteiger partial charge in [0.05, 0.1) is 12.2 Å². The summed E-state index contributed by atoms with van der Waals surface area (Å²) in [6.07, 6.45) is 7.26. The van der Waals surface area contributed by atoms with Crippen molar-refractivity contribution in [1.29, 1.82) is 0 Å². The Morgan fingerprint density at radius 1 is 1.28 bits per heavy atom. The molecule has 1 aliphatic carbocycles. The number of hydrogen-bond donors (Lipinski definition) is 4. The van der Waals surface area contributed by atoms with E-state index in [4.69, 9.17) is 21.4 Å². The van der Waals surface area contributed by atoms with E-state index in [0.29, 0.717) is 36.5 Å². The number of allylic oxidation sites excluding steroid dienone is 2. The highest BCUT2D eigenvalue weighted by Gasteiger charge is 2.39. The molecule has 160 valence electrons. The third kappa shape index (κ3) is 8.19. The fourth-order valence-corrected chi connectivity index (χ4v) is 3.68. The van der Waals surface area contributed by atoms with Gasteiger partial charge >= 0.3 is 5.97 Å². The van der Waals surface area contributed by atoms with Crippen LogP contribution < -0.4 is 4.74 Å². The van der Waals surface area contributed by atoms with E-state index in [2.05, 4.69) is 0 Å². The Kier molecular flexibility index (Phi) is 9.67. The van der Waals surface area contributed by atoms with Crippen molar-refractivity contribution in [3.8, 4) is 5.75 Å². The summed E-state index contributed by atoms with van der Waals surface area (Å²) in [4.78, 5) is 10.5. The maximum atomic E-state index is 10.5. The molecule has 2 rings (SSSR count). The van der Waals surface area contributed by atoms with Gasteiger partial charge in [-0.25, -0.2) is 0 Å². The monoisotopic (exact) mass is 424 g/mol. The van der Waals surface area contributed by atoms with Gasteiger partial charge in [-0.1, -0.05) is 42.0 Å². The molecular formula is C22H29ClO6. The van der Waals surface area contributed by atoms with Crippen molar-refractivity contribution in [3.05, 3.63) is 53.6 Å². The summed E-state index contributed by atoms with van der Waals surface area (Å²) in [5.41, 5.74) is 0. The van der Waals surface area contributed by atoms with E-state index in [-0.39, 0.29) is 24.9 Å². The van der Waals surface area contributed by atoms with Crippen LogP contribution in [0.2, 0.25) is 5.02 Å². The Morgan fingerprint density at radius 2 is 2.07 bits per heavy atom. The summed E-state index contributed by atoms with van der Waals surface area (Å²) in [6, 6.07) is 6.90. The normalized spacial score (nSPS) is 25.7. The number of aliphatic hydroxyl groups excluding tert-OH is 3. The zero-order valence-electron chi connectivity index (χ0n) is 16.2. The second kappa shape index (κ2) is 12.0. The zero-order valence-corrected chi connectivity index (χ0v) is 17.0. The topological polar surface area (TPSA) is 107 Å². The molecule has 29 heavy (non-hydrogen) atoms. The summed E-state index contributed by atoms with van der Waals surface area (Å²) in [6.45, 7) is 0.0519. The van der Waals surface area contributed by atoms with Gasteiger partial charge in [0.15, 0.2) is 0 Å². The Balaban J connectivity index is 1.83. The van der Waals surface area contributed by atoms with Crippen LogP contribution in [0.5, 0.6) is 5.75 Å². The van der Waals surface area contributed by atoms with Crippen LogP contribution in [0.25, 0.3) is 0 Å². The van der Waals surface area contributed by atoms with E-state index in [9.17, 15) is 20.1 Å². The van der Waals surface area contributed by atoms with Gasteiger partial charge in [0.2, 0.25) is 0 Å². The zero-order chi connectivity index (χ0) is 21.2. The highest BCUT2D eigenvalue weighted by molar-refractivity contribution is 6.30. The number of carboxylic acid groups (broad SMARTS) is 1. The minimum atomic E-state index is -0.855. The molecule has 7 heteroatoms. The van der Waals surface area contributed by atoms with Gasteiger partial charge in [-0.15, -0.1) is 0 Å². The van der Waals surface area contributed by atoms with Gasteiger partial charge in [0, 0.05) is 23.8 Å². The third-order valence-corrected chi connectivity index (χ3v) is 5.26. The largest absolute Gasteiger partial charge is 0.491 e. The standard InChI is InChI=1S/C22H29ClO6/c23-15-6-5-7-17(12-15)29-14-16(24)10-11-19-18(20(25)13-21(19)26)8-3-1-2-4-9-22(27)28/h1,3,5-7,10-12,16,18-21,24-26H,2,4,8-9,13-14H2,(H,27,28)/b3-1?,11-10+/t16?,18-,19-,20+,21?/m1/s1. The number of benzene rings is 1. The maximum absolute atomic E-state index is 10.5. The highest BCUT2D eigenvalue weighted by Crippen LogP contribution is 2.36. The third-order valence-electron chi connectivity index (χ3n) is 5.02. The van der Waals surface area contributed by atoms with Gasteiger partial charge in [-0.2, -0.15) is 0 Å². The SMILES string of the molecule is O=C(O)CCCC=CC[C@H]1[C@@H](O)CC(O)[C@@H]1/C=C/C(O)COc1cccc(Cl)c1. The summed E-state index contributed by atoms with van der Waals surface area (Å²) >= 11 is 5.90. The average molecular weight is 425 g/mol. The summed E-state index contributed by atoms with van der Waals surface area (Å²) < 4.78 is 5.51. The molecule has 0 saturated heterocycles. The summed E-state index contributed by atoms with van der Waals surface area (Å²) in [5.74, 6) is -0.671. The molecule has 0 aliphatic heterocycles. The average Bonchev–Trinajstić information content (AvgIpc) is 2.93. The Hall–Kier alpha value is -1.86. The molecule has 1 aromatic carbocycles. The number of ether oxygens (including phenoxy) is 1. The molecule has 0 radical (unpaired) electrons. The fourth-order valence-electron chi connectivity index (χ4n) is 3.50. The van der Waals surface area contributed by atoms with E-state index < -0.39 is 24.3 Å². The Morgan fingerprint density at radius 3 is 2.79 bits per heavy atom. The van der Waals surface area contributed by atoms with Crippen LogP contribution in [0.3, 0.4) is 0 Å². The molecule has 0 bridgehead atoms. The van der Waals surface area contributed by atoms with Gasteiger partial charge < -0.3 is 25.2 Å². The van der Waals surface area contributed by atoms with Crippen molar-refractivity contribution >= 4 is 17.6 Å². The number of carboxylic acids is 1. The molecule has 0 amide bonds. The van der Waals surface area contributed by atoms with Crippen molar-refractivity contribution < 1.29 is 30.0 Å². The quantitative estimate of drug-likeness (QED) is 0.321. The fraction of sp³-hybridized carbons (Fsp3) is 0.500. The first-order valence-electron chi connectivity index (χ1n) is 9.84. The molecule has 0 aromatic heterocycles. The number of halogens is 1. The van der Waals surface area contributed by atoms with Crippen LogP contribution in [0.4, 0.5) is 0 Å². The van der Waals surface area contributed by atoms with Gasteiger partial charge in [-0.05, 0) is 43.4 Å². The number of hydrogen-bond acceptors (Lipinski definition) is 5. The molecule has 1 fully saturated rings. The van der Waals surface area contributed by atoms with Gasteiger partial charge in [0.1, 0.15) is 18.5 Å². The molecule has 1 aliphatic rings. The van der Waals surface area contributed by atoms with Crippen molar-refractivity contribution in [3.63, 3.8) is 0 Å². The molecule has 0 spiro atoms. The predicted octanol–water partition coefficient (Wildman–Crippen LogP) is 3.20. The van der Waals surface area contributed by atoms with Crippen LogP contribution in [-0.2, 0) is 4.79 Å². The molecular weight excluding hydrogens is 396 g/mol. The van der Waals surface area contributed by atoms with Crippen molar-refractivity contribution in [1.82, 2.24) is 0 Å². The second-order valence-corrected chi connectivity index (χ2v) is 7.76. The Labute approximate surface area is 176 Å². The van der Waals surface area contributed by atoms with E-state index in [1.807, 2.05) is 12.2 Å². The number of unbranched alkanes of at least 4 members (excludes halogenated alkanes) is 1. The molecule has 0 heterocycles. The predicted molar refractivity (Wildman–Crippen MR) is 111 cm³/mol. The van der Waals surface area contributed by atoms with Crippen molar-refractivity contribution in [2.45, 2.75) is 50.4 Å². The van der Waals surface area contributed by atoms with Crippen molar-refractivity contribution in [2.24, 2.45) is 11.8 Å². The number of carbonyl (C=O) groups is 1. The van der Waals surface area contributed by atoms with E-state index in [0.717, 1.165) is 0 Å². The minimum absolute atomic E-state index is 0.0519. The first-order valence-corrected chi connectivity index (χ1v) is 10.2. The van der Waals surface area contributed by atoms with E-state index in [1.54, 1.807) is 36.4 Å². The molecule has 6 nitrogen and oxygen atoms in total. The molecule has 1 saturated carbocycles. The molecule has 5 atom stereocenters. The first-order chi connectivity index (χ1) is 13.9. The van der Waals surface area contributed by atoms with Crippen molar-refractivity contribution in [2.75, 3.05) is 6.61 Å². The van der Waals surface area contributed by atoms with Crippen LogP contribution in [-0.4, -0.2) is 51.3 Å². The Bertz CT molecular complexity index is 704. The first kappa shape index (κ1) is 23.4. The van der Waals surface area contributed by atoms with Crippen LogP contribution in [0.1, 0.15) is 32.1 Å². The lowest BCUT2D eigenvalue weighted by atomic mass is 9.89. The van der Waals surface area contributed by atoms with Crippen LogP contribution in [0.15, 0.2) is 48.6 Å². The van der Waals surface area contributed by atoms with Gasteiger partial charge in [-0.3, -0.25) is 4.79 Å². The summed E-state index contributed by atoms with van der Waals surface area (Å²) in [5, 5.41) is 39.8. The highest BCUT2D eigenvalue weighted by atomic mass is 35.5. The maximum Gasteiger partial charge on any atom is 0.303 e. The van der Waals surface area contributed by atoms with Crippen LogP contribution >= 0.6 is 11.6 Å². The lowest BCUT2D eigenvalue weighted by molar-refractivity contribution is -0.137. The molecule has 1 aromatic rings. The minimum Gasteiger partial charge on any atom is -0.491 e. The van der Waals surface area contributed by atoms with E-state index >= 15 is 0 Å². The number of rotatable bonds is 11. The second-order valence-electron chi connectivity index (χ2n) is 7.33. The lowest BCUT2D eigenvalue weighted by Gasteiger charge is -2.19. The summed E-state index contributed by atoms with van der Waals surface area (Å²) in [7, 11) is 0. The van der Waals surface area contributed by atoms with Crippen LogP contribution in [0, 0.1) is 11.8 Å². The number of aliphatic hydroxyl groups is 3. The smallest absolute Gasteiger partial charge is 0.303 e. The molecule has 2 unspecified atom stereocenters. The number of aliphatic carboxylic acids is 1. The molecule has 4 N–H and O–H groups in total.